The van der Waals surface area contributed by atoms with Gasteiger partial charge in [-0.25, -0.2) is 9.67 Å². The lowest BCUT2D eigenvalue weighted by molar-refractivity contribution is 0.627. The standard InChI is InChI=1S/C16H17N5S/c1-11-14-8-18-16(20-9-13(10-20)22-17)7-15(14)19-21(11)12-5-3-2-4-6-12/h2-8,13H,9-10,17H2,1H3. The first-order valence-corrected chi connectivity index (χ1v) is 8.22. The van der Waals surface area contributed by atoms with Crippen LogP contribution in [-0.4, -0.2) is 33.1 Å². The van der Waals surface area contributed by atoms with Crippen LogP contribution in [0.25, 0.3) is 16.6 Å². The van der Waals surface area contributed by atoms with Crippen molar-refractivity contribution in [1.82, 2.24) is 14.8 Å². The van der Waals surface area contributed by atoms with E-state index >= 15 is 0 Å². The van der Waals surface area contributed by atoms with Crippen LogP contribution in [0.4, 0.5) is 5.82 Å². The Kier molecular flexibility index (Phi) is 3.28. The molecule has 0 spiro atoms. The zero-order valence-corrected chi connectivity index (χ0v) is 13.1. The molecule has 22 heavy (non-hydrogen) atoms. The van der Waals surface area contributed by atoms with E-state index in [-0.39, 0.29) is 0 Å². The highest BCUT2D eigenvalue weighted by atomic mass is 32.2. The van der Waals surface area contributed by atoms with Gasteiger partial charge in [0.2, 0.25) is 0 Å². The molecule has 1 aromatic carbocycles. The molecule has 1 fully saturated rings. The average Bonchev–Trinajstić information content (AvgIpc) is 2.84. The second-order valence-corrected chi connectivity index (χ2v) is 6.49. The van der Waals surface area contributed by atoms with Crippen LogP contribution in [0.3, 0.4) is 0 Å². The number of rotatable bonds is 3. The molecule has 5 nitrogen and oxygen atoms in total. The average molecular weight is 311 g/mol. The number of benzene rings is 1. The molecule has 1 saturated heterocycles. The van der Waals surface area contributed by atoms with Crippen LogP contribution in [0.2, 0.25) is 0 Å². The minimum Gasteiger partial charge on any atom is -0.354 e. The lowest BCUT2D eigenvalue weighted by Gasteiger charge is -2.38. The van der Waals surface area contributed by atoms with Crippen LogP contribution in [0.5, 0.6) is 0 Å². The van der Waals surface area contributed by atoms with Crippen LogP contribution >= 0.6 is 11.9 Å². The maximum absolute atomic E-state index is 5.61. The quantitative estimate of drug-likeness (QED) is 0.753. The normalized spacial score (nSPS) is 15.3. The molecule has 0 amide bonds. The van der Waals surface area contributed by atoms with E-state index in [4.69, 9.17) is 10.2 Å². The summed E-state index contributed by atoms with van der Waals surface area (Å²) in [5, 5.41) is 12.0. The zero-order valence-electron chi connectivity index (χ0n) is 12.3. The van der Waals surface area contributed by atoms with Crippen molar-refractivity contribution in [3.63, 3.8) is 0 Å². The van der Waals surface area contributed by atoms with Gasteiger partial charge in [-0.1, -0.05) is 30.1 Å². The molecule has 1 aliphatic heterocycles. The van der Waals surface area contributed by atoms with Gasteiger partial charge in [0.1, 0.15) is 5.82 Å². The van der Waals surface area contributed by atoms with Gasteiger partial charge < -0.3 is 4.90 Å². The fourth-order valence-corrected chi connectivity index (χ4v) is 3.33. The van der Waals surface area contributed by atoms with Crippen molar-refractivity contribution in [3.8, 4) is 5.69 Å². The Morgan fingerprint density at radius 1 is 1.23 bits per heavy atom. The first-order chi connectivity index (χ1) is 10.8. The number of para-hydroxylation sites is 1. The van der Waals surface area contributed by atoms with Crippen molar-refractivity contribution in [1.29, 1.82) is 0 Å². The molecular formula is C16H17N5S. The molecule has 4 rings (SSSR count). The number of pyridine rings is 1. The van der Waals surface area contributed by atoms with Crippen molar-refractivity contribution in [2.24, 2.45) is 5.14 Å². The molecule has 112 valence electrons. The second-order valence-electron chi connectivity index (χ2n) is 5.56. The van der Waals surface area contributed by atoms with Crippen molar-refractivity contribution >= 4 is 28.7 Å². The van der Waals surface area contributed by atoms with E-state index in [2.05, 4.69) is 35.0 Å². The van der Waals surface area contributed by atoms with Crippen molar-refractivity contribution < 1.29 is 0 Å². The number of fused-ring (bicyclic) bond motifs is 1. The summed E-state index contributed by atoms with van der Waals surface area (Å²) in [6.07, 6.45) is 1.93. The van der Waals surface area contributed by atoms with Gasteiger partial charge in [-0.15, -0.1) is 0 Å². The summed E-state index contributed by atoms with van der Waals surface area (Å²) in [6, 6.07) is 12.2. The predicted molar refractivity (Wildman–Crippen MR) is 91.4 cm³/mol. The molecule has 3 aromatic rings. The third-order valence-electron chi connectivity index (χ3n) is 4.15. The summed E-state index contributed by atoms with van der Waals surface area (Å²) in [6.45, 7) is 3.99. The fraction of sp³-hybridized carbons (Fsp3) is 0.250. The van der Waals surface area contributed by atoms with Gasteiger partial charge in [0, 0.05) is 30.7 Å². The van der Waals surface area contributed by atoms with Crippen molar-refractivity contribution in [2.75, 3.05) is 18.0 Å². The lowest BCUT2D eigenvalue weighted by Crippen LogP contribution is -2.50. The number of nitrogens with two attached hydrogens (primary N) is 1. The number of aromatic nitrogens is 3. The summed E-state index contributed by atoms with van der Waals surface area (Å²) < 4.78 is 1.98. The van der Waals surface area contributed by atoms with Crippen molar-refractivity contribution in [3.05, 3.63) is 48.3 Å². The Labute approximate surface area is 133 Å². The maximum Gasteiger partial charge on any atom is 0.130 e. The van der Waals surface area contributed by atoms with Gasteiger partial charge in [-0.05, 0) is 19.1 Å². The Bertz CT molecular complexity index is 808. The molecule has 1 aliphatic rings. The highest BCUT2D eigenvalue weighted by molar-refractivity contribution is 7.97. The molecule has 0 atom stereocenters. The van der Waals surface area contributed by atoms with Crippen LogP contribution in [0.15, 0.2) is 42.6 Å². The SMILES string of the molecule is Cc1c2cnc(N3CC(SN)C3)cc2nn1-c1ccccc1. The first-order valence-electron chi connectivity index (χ1n) is 7.27. The zero-order chi connectivity index (χ0) is 15.1. The van der Waals surface area contributed by atoms with Gasteiger partial charge in [0.15, 0.2) is 0 Å². The number of hydrogen-bond acceptors (Lipinski definition) is 5. The molecule has 0 unspecified atom stereocenters. The third-order valence-corrected chi connectivity index (χ3v) is 4.83. The van der Waals surface area contributed by atoms with E-state index in [1.54, 1.807) is 0 Å². The molecule has 0 saturated carbocycles. The van der Waals surface area contributed by atoms with E-state index in [0.29, 0.717) is 5.25 Å². The molecule has 6 heteroatoms. The summed E-state index contributed by atoms with van der Waals surface area (Å²) >= 11 is 1.43. The van der Waals surface area contributed by atoms with Gasteiger partial charge in [-0.2, -0.15) is 5.10 Å². The van der Waals surface area contributed by atoms with Crippen LogP contribution in [-0.2, 0) is 0 Å². The number of nitrogens with zero attached hydrogens (tertiary/aromatic N) is 4. The van der Waals surface area contributed by atoms with Gasteiger partial charge in [-0.3, -0.25) is 5.14 Å². The molecule has 0 bridgehead atoms. The second kappa shape index (κ2) is 5.30. The summed E-state index contributed by atoms with van der Waals surface area (Å²) in [4.78, 5) is 6.82. The van der Waals surface area contributed by atoms with E-state index in [9.17, 15) is 0 Å². The molecule has 2 aromatic heterocycles. The predicted octanol–water partition coefficient (Wildman–Crippen LogP) is 2.52. The fourth-order valence-electron chi connectivity index (χ4n) is 2.80. The summed E-state index contributed by atoms with van der Waals surface area (Å²) in [5.74, 6) is 0.982. The smallest absolute Gasteiger partial charge is 0.130 e. The van der Waals surface area contributed by atoms with E-state index in [1.165, 1.54) is 11.9 Å². The topological polar surface area (TPSA) is 60.0 Å². The molecule has 0 aliphatic carbocycles. The maximum atomic E-state index is 5.61. The number of hydrogen-bond donors (Lipinski definition) is 1. The van der Waals surface area contributed by atoms with Gasteiger partial charge in [0.05, 0.1) is 22.1 Å². The molecule has 0 radical (unpaired) electrons. The minimum absolute atomic E-state index is 0.515. The number of aryl methyl sites for hydroxylation is 1. The van der Waals surface area contributed by atoms with Crippen molar-refractivity contribution in [2.45, 2.75) is 12.2 Å². The lowest BCUT2D eigenvalue weighted by atomic mass is 10.2. The van der Waals surface area contributed by atoms with E-state index in [1.807, 2.05) is 29.1 Å². The Hall–Kier alpha value is -2.05. The summed E-state index contributed by atoms with van der Waals surface area (Å²) in [7, 11) is 0. The highest BCUT2D eigenvalue weighted by Gasteiger charge is 2.27. The van der Waals surface area contributed by atoms with Crippen LogP contribution in [0, 0.1) is 6.92 Å². The van der Waals surface area contributed by atoms with E-state index < -0.39 is 0 Å². The number of anilines is 1. The third kappa shape index (κ3) is 2.15. The van der Waals surface area contributed by atoms with Gasteiger partial charge in [0.25, 0.3) is 0 Å². The Balaban J connectivity index is 1.72. The largest absolute Gasteiger partial charge is 0.354 e. The Morgan fingerprint density at radius 3 is 2.73 bits per heavy atom. The molecular weight excluding hydrogens is 294 g/mol. The first kappa shape index (κ1) is 13.6. The van der Waals surface area contributed by atoms with Gasteiger partial charge >= 0.3 is 0 Å². The van der Waals surface area contributed by atoms with Crippen LogP contribution < -0.4 is 10.0 Å². The Morgan fingerprint density at radius 2 is 2.00 bits per heavy atom. The molecule has 3 heterocycles. The minimum atomic E-state index is 0.515. The molecule has 2 N–H and O–H groups in total. The monoisotopic (exact) mass is 311 g/mol. The summed E-state index contributed by atoms with van der Waals surface area (Å²) in [5.41, 5.74) is 3.16. The van der Waals surface area contributed by atoms with Crippen LogP contribution in [0.1, 0.15) is 5.69 Å². The highest BCUT2D eigenvalue weighted by Crippen LogP contribution is 2.28. The van der Waals surface area contributed by atoms with E-state index in [0.717, 1.165) is 41.2 Å².